The molecule has 0 fully saturated rings. The molecule has 3 rings (SSSR count). The van der Waals surface area contributed by atoms with Gasteiger partial charge in [0.25, 0.3) is 0 Å². The maximum atomic E-state index is 13.4. The van der Waals surface area contributed by atoms with Crippen LogP contribution in [0.5, 0.6) is 0 Å². The van der Waals surface area contributed by atoms with Crippen molar-refractivity contribution in [2.24, 2.45) is 0 Å². The second kappa shape index (κ2) is 12.2. The van der Waals surface area contributed by atoms with Gasteiger partial charge in [0.1, 0.15) is 6.04 Å². The smallest absolute Gasteiger partial charge is 0.242 e. The van der Waals surface area contributed by atoms with E-state index in [9.17, 15) is 18.0 Å². The SMILES string of the molecule is C[C@@H](C(=O)NCc1ccccn1)N(Cc1ccccc1)C(=O)CN(Cc1ccccc1)S(C)(=O)=O. The minimum Gasteiger partial charge on any atom is -0.349 e. The number of sulfonamides is 1. The highest BCUT2D eigenvalue weighted by Gasteiger charge is 2.29. The van der Waals surface area contributed by atoms with Crippen molar-refractivity contribution in [3.63, 3.8) is 0 Å². The van der Waals surface area contributed by atoms with Gasteiger partial charge in [-0.2, -0.15) is 4.31 Å². The number of pyridine rings is 1. The Kier molecular flexibility index (Phi) is 9.11. The molecule has 0 radical (unpaired) electrons. The van der Waals surface area contributed by atoms with Crippen molar-refractivity contribution in [3.8, 4) is 0 Å². The minimum atomic E-state index is -3.68. The molecular weight excluding hydrogens is 464 g/mol. The average molecular weight is 495 g/mol. The second-order valence-corrected chi connectivity index (χ2v) is 10.2. The Bertz CT molecular complexity index is 1210. The van der Waals surface area contributed by atoms with Crippen molar-refractivity contribution >= 4 is 21.8 Å². The Morgan fingerprint density at radius 2 is 1.46 bits per heavy atom. The fourth-order valence-electron chi connectivity index (χ4n) is 3.51. The van der Waals surface area contributed by atoms with Crippen LogP contribution in [0.15, 0.2) is 85.1 Å². The van der Waals surface area contributed by atoms with Crippen molar-refractivity contribution in [1.82, 2.24) is 19.5 Å². The standard InChI is InChI=1S/C26H30N4O4S/c1-21(26(32)28-17-24-15-9-10-16-27-24)30(19-23-13-7-4-8-14-23)25(31)20-29(35(2,33)34)18-22-11-5-3-6-12-22/h3-16,21H,17-20H2,1-2H3,(H,28,32)/t21-/m0/s1. The van der Waals surface area contributed by atoms with Crippen LogP contribution in [0.4, 0.5) is 0 Å². The summed E-state index contributed by atoms with van der Waals surface area (Å²) < 4.78 is 26.1. The molecule has 0 unspecified atom stereocenters. The molecule has 0 bridgehead atoms. The fourth-order valence-corrected chi connectivity index (χ4v) is 4.24. The van der Waals surface area contributed by atoms with E-state index in [0.29, 0.717) is 5.69 Å². The lowest BCUT2D eigenvalue weighted by Gasteiger charge is -2.31. The molecule has 1 atom stereocenters. The number of rotatable bonds is 11. The van der Waals surface area contributed by atoms with Gasteiger partial charge in [-0.15, -0.1) is 0 Å². The summed E-state index contributed by atoms with van der Waals surface area (Å²) in [5.74, 6) is -0.815. The van der Waals surface area contributed by atoms with E-state index in [1.807, 2.05) is 54.6 Å². The topological polar surface area (TPSA) is 99.7 Å². The molecule has 184 valence electrons. The van der Waals surface area contributed by atoms with Crippen molar-refractivity contribution in [2.45, 2.75) is 32.6 Å². The zero-order valence-electron chi connectivity index (χ0n) is 19.9. The molecule has 0 spiro atoms. The summed E-state index contributed by atoms with van der Waals surface area (Å²) in [6, 6.07) is 22.9. The van der Waals surface area contributed by atoms with Gasteiger partial charge in [-0.1, -0.05) is 66.7 Å². The lowest BCUT2D eigenvalue weighted by atomic mass is 10.1. The van der Waals surface area contributed by atoms with E-state index in [0.717, 1.165) is 21.7 Å². The van der Waals surface area contributed by atoms with Crippen LogP contribution in [-0.2, 0) is 39.2 Å². The normalized spacial score (nSPS) is 12.2. The molecule has 0 aliphatic rings. The van der Waals surface area contributed by atoms with Gasteiger partial charge in [0.2, 0.25) is 21.8 Å². The zero-order valence-corrected chi connectivity index (χ0v) is 20.7. The molecule has 2 aromatic carbocycles. The van der Waals surface area contributed by atoms with E-state index in [2.05, 4.69) is 10.3 Å². The third-order valence-electron chi connectivity index (χ3n) is 5.52. The van der Waals surface area contributed by atoms with Crippen molar-refractivity contribution in [3.05, 3.63) is 102 Å². The third-order valence-corrected chi connectivity index (χ3v) is 6.71. The predicted molar refractivity (Wildman–Crippen MR) is 134 cm³/mol. The zero-order chi connectivity index (χ0) is 25.3. The Labute approximate surface area is 206 Å². The maximum Gasteiger partial charge on any atom is 0.242 e. The van der Waals surface area contributed by atoms with Gasteiger partial charge in [-0.25, -0.2) is 8.42 Å². The quantitative estimate of drug-likeness (QED) is 0.442. The van der Waals surface area contributed by atoms with Crippen LogP contribution < -0.4 is 5.32 Å². The van der Waals surface area contributed by atoms with Gasteiger partial charge in [0.05, 0.1) is 25.0 Å². The molecule has 1 heterocycles. The van der Waals surface area contributed by atoms with Crippen LogP contribution >= 0.6 is 0 Å². The van der Waals surface area contributed by atoms with E-state index in [-0.39, 0.29) is 32.1 Å². The Hall–Kier alpha value is -3.56. The molecule has 35 heavy (non-hydrogen) atoms. The summed E-state index contributed by atoms with van der Waals surface area (Å²) >= 11 is 0. The molecule has 2 amide bonds. The average Bonchev–Trinajstić information content (AvgIpc) is 2.86. The van der Waals surface area contributed by atoms with Crippen molar-refractivity contribution in [1.29, 1.82) is 0 Å². The van der Waals surface area contributed by atoms with Gasteiger partial charge in [0, 0.05) is 19.3 Å². The number of carbonyl (C=O) groups excluding carboxylic acids is 2. The first kappa shape index (κ1) is 26.1. The fraction of sp³-hybridized carbons (Fsp3) is 0.269. The number of carbonyl (C=O) groups is 2. The molecule has 0 aliphatic heterocycles. The van der Waals surface area contributed by atoms with Gasteiger partial charge < -0.3 is 10.2 Å². The summed E-state index contributed by atoms with van der Waals surface area (Å²) in [6.45, 7) is 1.71. The lowest BCUT2D eigenvalue weighted by molar-refractivity contribution is -0.140. The summed E-state index contributed by atoms with van der Waals surface area (Å²) in [5.41, 5.74) is 2.29. The molecule has 0 saturated carbocycles. The van der Waals surface area contributed by atoms with E-state index in [4.69, 9.17) is 0 Å². The number of hydrogen-bond acceptors (Lipinski definition) is 5. The van der Waals surface area contributed by atoms with Crippen molar-refractivity contribution in [2.75, 3.05) is 12.8 Å². The second-order valence-electron chi connectivity index (χ2n) is 8.24. The number of hydrogen-bond donors (Lipinski definition) is 1. The Morgan fingerprint density at radius 1 is 0.886 bits per heavy atom. The highest BCUT2D eigenvalue weighted by atomic mass is 32.2. The lowest BCUT2D eigenvalue weighted by Crippen LogP contribution is -2.50. The Balaban J connectivity index is 1.78. The Morgan fingerprint density at radius 3 is 2.00 bits per heavy atom. The monoisotopic (exact) mass is 494 g/mol. The first-order valence-electron chi connectivity index (χ1n) is 11.2. The molecule has 0 aliphatic carbocycles. The minimum absolute atomic E-state index is 0.0604. The van der Waals surface area contributed by atoms with Crippen LogP contribution in [0, 0.1) is 0 Å². The number of nitrogens with one attached hydrogen (secondary N) is 1. The van der Waals surface area contributed by atoms with Crippen LogP contribution in [0.1, 0.15) is 23.7 Å². The maximum absolute atomic E-state index is 13.4. The van der Waals surface area contributed by atoms with E-state index < -0.39 is 22.0 Å². The number of amides is 2. The van der Waals surface area contributed by atoms with Crippen LogP contribution in [-0.4, -0.2) is 53.3 Å². The van der Waals surface area contributed by atoms with Gasteiger partial charge >= 0.3 is 0 Å². The summed E-state index contributed by atoms with van der Waals surface area (Å²) in [4.78, 5) is 32.0. The van der Waals surface area contributed by atoms with Crippen LogP contribution in [0.3, 0.4) is 0 Å². The van der Waals surface area contributed by atoms with E-state index >= 15 is 0 Å². The van der Waals surface area contributed by atoms with Gasteiger partial charge in [-0.05, 0) is 30.2 Å². The summed E-state index contributed by atoms with van der Waals surface area (Å²) in [5, 5.41) is 2.82. The molecule has 3 aromatic rings. The summed E-state index contributed by atoms with van der Waals surface area (Å²) in [7, 11) is -3.68. The van der Waals surface area contributed by atoms with E-state index in [1.165, 1.54) is 4.90 Å². The largest absolute Gasteiger partial charge is 0.349 e. The first-order valence-corrected chi connectivity index (χ1v) is 13.1. The number of benzene rings is 2. The van der Waals surface area contributed by atoms with Crippen LogP contribution in [0.25, 0.3) is 0 Å². The van der Waals surface area contributed by atoms with Crippen LogP contribution in [0.2, 0.25) is 0 Å². The summed E-state index contributed by atoms with van der Waals surface area (Å²) in [6.07, 6.45) is 2.72. The highest BCUT2D eigenvalue weighted by molar-refractivity contribution is 7.88. The first-order chi connectivity index (χ1) is 16.7. The molecular formula is C26H30N4O4S. The van der Waals surface area contributed by atoms with Gasteiger partial charge in [0.15, 0.2) is 0 Å². The molecule has 1 aromatic heterocycles. The van der Waals surface area contributed by atoms with Crippen molar-refractivity contribution < 1.29 is 18.0 Å². The molecule has 0 saturated heterocycles. The number of nitrogens with zero attached hydrogens (tertiary/aromatic N) is 3. The highest BCUT2D eigenvalue weighted by Crippen LogP contribution is 2.14. The molecule has 9 heteroatoms. The van der Waals surface area contributed by atoms with E-state index in [1.54, 1.807) is 37.4 Å². The predicted octanol–water partition coefficient (Wildman–Crippen LogP) is 2.58. The number of aromatic nitrogens is 1. The molecule has 8 nitrogen and oxygen atoms in total. The molecule has 1 N–H and O–H groups in total. The van der Waals surface area contributed by atoms with Gasteiger partial charge in [-0.3, -0.25) is 14.6 Å². The third kappa shape index (κ3) is 8.01.